The molecule has 0 saturated heterocycles. The first kappa shape index (κ1) is 9.34. The van der Waals surface area contributed by atoms with E-state index in [1.807, 2.05) is 0 Å². The highest BCUT2D eigenvalue weighted by Gasteiger charge is 2.14. The summed E-state index contributed by atoms with van der Waals surface area (Å²) in [6.45, 7) is 3.26. The van der Waals surface area contributed by atoms with Gasteiger partial charge in [-0.15, -0.1) is 0 Å². The molecule has 0 unspecified atom stereocenters. The van der Waals surface area contributed by atoms with E-state index in [1.54, 1.807) is 13.8 Å². The normalized spacial score (nSPS) is 14.6. The fraction of sp³-hybridized carbons (Fsp3) is 0.176. The Bertz CT molecular complexity index is 1120. The van der Waals surface area contributed by atoms with Gasteiger partial charge in [-0.25, -0.2) is 0 Å². The number of para-hydroxylation sites is 1. The van der Waals surface area contributed by atoms with E-state index in [9.17, 15) is 9.59 Å². The maximum atomic E-state index is 12.8. The van der Waals surface area contributed by atoms with Gasteiger partial charge in [0.2, 0.25) is 5.43 Å². The zero-order chi connectivity index (χ0) is 18.7. The summed E-state index contributed by atoms with van der Waals surface area (Å²) in [6, 6.07) is 3.68. The van der Waals surface area contributed by atoms with Gasteiger partial charge in [0.25, 0.3) is 0 Å². The molecular weight excluding hydrogens is 268 g/mol. The third-order valence-electron chi connectivity index (χ3n) is 3.44. The van der Waals surface area contributed by atoms with E-state index < -0.39 is 17.8 Å². The van der Waals surface area contributed by atoms with Crippen molar-refractivity contribution in [2.75, 3.05) is 0 Å². The van der Waals surface area contributed by atoms with Crippen LogP contribution in [0.4, 0.5) is 0 Å². The Morgan fingerprint density at radius 2 is 2.05 bits per heavy atom. The number of fused-ring (bicyclic) bond motifs is 2. The van der Waals surface area contributed by atoms with Gasteiger partial charge in [-0.1, -0.05) is 18.2 Å². The maximum absolute atomic E-state index is 12.8. The van der Waals surface area contributed by atoms with E-state index in [1.165, 1.54) is 18.2 Å². The Hall–Kier alpha value is -2.62. The summed E-state index contributed by atoms with van der Waals surface area (Å²) >= 11 is 0. The number of carbonyl (C=O) groups is 1. The molecule has 0 radical (unpaired) electrons. The maximum Gasteiger partial charge on any atom is 0.307 e. The first-order valence-electron chi connectivity index (χ1n) is 8.28. The fourth-order valence-corrected chi connectivity index (χ4v) is 2.23. The van der Waals surface area contributed by atoms with E-state index in [-0.39, 0.29) is 39.6 Å². The smallest absolute Gasteiger partial charge is 0.307 e. The minimum Gasteiger partial charge on any atom is -0.481 e. The molecule has 0 amide bonds. The van der Waals surface area contributed by atoms with E-state index in [4.69, 9.17) is 15.0 Å². The van der Waals surface area contributed by atoms with Crippen LogP contribution in [0.2, 0.25) is 0 Å². The lowest BCUT2D eigenvalue weighted by atomic mass is 10.0. The summed E-state index contributed by atoms with van der Waals surface area (Å²) in [7, 11) is 0. The SMILES string of the molecule is [2H]c1c(C)c(C)c2oc3c(C([2H])([2H])C(=O)O)cccc3c(=O)c2c1[2H]. The van der Waals surface area contributed by atoms with Crippen LogP contribution in [0.15, 0.2) is 39.5 Å². The van der Waals surface area contributed by atoms with Crippen LogP contribution in [-0.2, 0) is 11.2 Å². The van der Waals surface area contributed by atoms with Gasteiger partial charge in [0, 0.05) is 8.30 Å². The van der Waals surface area contributed by atoms with Crippen LogP contribution in [0.1, 0.15) is 22.2 Å². The lowest BCUT2D eigenvalue weighted by Crippen LogP contribution is -2.06. The number of carboxylic acids is 1. The predicted molar refractivity (Wildman–Crippen MR) is 80.8 cm³/mol. The molecule has 0 bridgehead atoms. The average molecular weight is 286 g/mol. The van der Waals surface area contributed by atoms with Crippen LogP contribution in [0.3, 0.4) is 0 Å². The molecule has 0 fully saturated rings. The summed E-state index contributed by atoms with van der Waals surface area (Å²) in [5, 5.41) is 9.08. The van der Waals surface area contributed by atoms with Gasteiger partial charge in [-0.3, -0.25) is 9.59 Å². The topological polar surface area (TPSA) is 67.5 Å². The molecule has 106 valence electrons. The largest absolute Gasteiger partial charge is 0.481 e. The standard InChI is InChI=1S/C17H14O4/c1-9-6-7-13-15(20)12-5-3-4-11(8-14(18)19)17(12)21-16(13)10(9)2/h3-7H,8H2,1-2H3,(H,18,19)/i6D,7D,8D2. The predicted octanol–water partition coefficient (Wildman–Crippen LogP) is 3.19. The lowest BCUT2D eigenvalue weighted by Gasteiger charge is -2.08. The minimum absolute atomic E-state index is 0.0220. The van der Waals surface area contributed by atoms with Crippen LogP contribution in [0, 0.1) is 13.8 Å². The zero-order valence-electron chi connectivity index (χ0n) is 15.4. The van der Waals surface area contributed by atoms with Gasteiger partial charge < -0.3 is 9.52 Å². The number of aliphatic carboxylic acids is 1. The van der Waals surface area contributed by atoms with E-state index in [0.717, 1.165) is 0 Å². The number of rotatable bonds is 2. The average Bonchev–Trinajstić information content (AvgIpc) is 2.57. The molecule has 4 nitrogen and oxygen atoms in total. The number of hydrogen-bond donors (Lipinski definition) is 1. The molecule has 0 saturated carbocycles. The van der Waals surface area contributed by atoms with Gasteiger partial charge in [-0.2, -0.15) is 0 Å². The number of benzene rings is 2. The first-order valence-corrected chi connectivity index (χ1v) is 6.28. The van der Waals surface area contributed by atoms with Crippen LogP contribution in [-0.4, -0.2) is 11.1 Å². The summed E-state index contributed by atoms with van der Waals surface area (Å²) in [6.07, 6.45) is -2.74. The van der Waals surface area contributed by atoms with Crippen LogP contribution in [0.25, 0.3) is 21.9 Å². The second-order valence-electron chi connectivity index (χ2n) is 4.75. The Morgan fingerprint density at radius 1 is 1.29 bits per heavy atom. The molecule has 1 heterocycles. The van der Waals surface area contributed by atoms with Crippen LogP contribution in [0.5, 0.6) is 0 Å². The van der Waals surface area contributed by atoms with Crippen molar-refractivity contribution in [2.24, 2.45) is 0 Å². The molecule has 2 aromatic carbocycles. The third kappa shape index (κ3) is 2.09. The minimum atomic E-state index is -2.74. The summed E-state index contributed by atoms with van der Waals surface area (Å²) < 4.78 is 37.4. The van der Waals surface area contributed by atoms with Crippen molar-refractivity contribution in [3.63, 3.8) is 0 Å². The number of carboxylic acid groups (broad SMARTS) is 1. The molecule has 3 rings (SSSR count). The molecule has 1 aromatic heterocycles. The van der Waals surface area contributed by atoms with E-state index >= 15 is 0 Å². The van der Waals surface area contributed by atoms with Crippen molar-refractivity contribution in [3.8, 4) is 0 Å². The number of aryl methyl sites for hydroxylation is 1. The second kappa shape index (κ2) is 4.74. The number of hydrogen-bond acceptors (Lipinski definition) is 3. The van der Waals surface area contributed by atoms with Gasteiger partial charge in [-0.05, 0) is 37.1 Å². The Morgan fingerprint density at radius 3 is 2.76 bits per heavy atom. The molecule has 0 aliphatic heterocycles. The van der Waals surface area contributed by atoms with Crippen LogP contribution < -0.4 is 5.43 Å². The van der Waals surface area contributed by atoms with Gasteiger partial charge in [0.1, 0.15) is 11.2 Å². The Balaban J connectivity index is 2.61. The van der Waals surface area contributed by atoms with Crippen LogP contribution >= 0.6 is 0 Å². The monoisotopic (exact) mass is 286 g/mol. The van der Waals surface area contributed by atoms with Crippen molar-refractivity contribution in [1.82, 2.24) is 0 Å². The molecule has 0 atom stereocenters. The molecule has 3 aromatic rings. The van der Waals surface area contributed by atoms with Gasteiger partial charge in [0.05, 0.1) is 19.9 Å². The summed E-state index contributed by atoms with van der Waals surface area (Å²) in [4.78, 5) is 24.1. The van der Waals surface area contributed by atoms with Crippen molar-refractivity contribution in [1.29, 1.82) is 0 Å². The highest BCUT2D eigenvalue weighted by atomic mass is 16.4. The highest BCUT2D eigenvalue weighted by Crippen LogP contribution is 2.25. The van der Waals surface area contributed by atoms with Crippen molar-refractivity contribution < 1.29 is 19.8 Å². The Kier molecular flexibility index (Phi) is 2.11. The zero-order valence-corrected chi connectivity index (χ0v) is 11.4. The molecule has 1 N–H and O–H groups in total. The molecule has 21 heavy (non-hydrogen) atoms. The van der Waals surface area contributed by atoms with Crippen molar-refractivity contribution in [3.05, 3.63) is 57.2 Å². The highest BCUT2D eigenvalue weighted by molar-refractivity contribution is 5.93. The lowest BCUT2D eigenvalue weighted by molar-refractivity contribution is -0.136. The summed E-state index contributed by atoms with van der Waals surface area (Å²) in [5.41, 5.74) is 0.0204. The Labute approximate surface area is 126 Å². The second-order valence-corrected chi connectivity index (χ2v) is 4.75. The molecular formula is C17H14O4. The molecule has 0 aliphatic carbocycles. The third-order valence-corrected chi connectivity index (χ3v) is 3.44. The fourth-order valence-electron chi connectivity index (χ4n) is 2.23. The molecule has 0 aliphatic rings. The van der Waals surface area contributed by atoms with Gasteiger partial charge in [0.15, 0.2) is 0 Å². The van der Waals surface area contributed by atoms with E-state index in [0.29, 0.717) is 11.1 Å². The quantitative estimate of drug-likeness (QED) is 0.735. The molecule has 4 heteroatoms. The molecule has 0 spiro atoms. The van der Waals surface area contributed by atoms with Crippen molar-refractivity contribution in [2.45, 2.75) is 20.2 Å². The first-order chi connectivity index (χ1) is 11.6. The van der Waals surface area contributed by atoms with Crippen molar-refractivity contribution >= 4 is 27.9 Å². The summed E-state index contributed by atoms with van der Waals surface area (Å²) in [5.74, 6) is -1.70. The van der Waals surface area contributed by atoms with E-state index in [2.05, 4.69) is 0 Å². The van der Waals surface area contributed by atoms with Gasteiger partial charge >= 0.3 is 5.97 Å².